The van der Waals surface area contributed by atoms with E-state index < -0.39 is 0 Å². The third-order valence-corrected chi connectivity index (χ3v) is 5.94. The van der Waals surface area contributed by atoms with E-state index in [0.29, 0.717) is 37.8 Å². The lowest BCUT2D eigenvalue weighted by atomic mass is 9.97. The number of rotatable bonds is 7. The molecule has 0 bridgehead atoms. The fourth-order valence-electron chi connectivity index (χ4n) is 4.06. The van der Waals surface area contributed by atoms with E-state index in [0.717, 1.165) is 23.8 Å². The Balaban J connectivity index is 1.15. The molecule has 166 valence electrons. The lowest BCUT2D eigenvalue weighted by Crippen LogP contribution is -2.44. The summed E-state index contributed by atoms with van der Waals surface area (Å²) in [7, 11) is 0. The van der Waals surface area contributed by atoms with Crippen LogP contribution in [-0.2, 0) is 11.3 Å². The van der Waals surface area contributed by atoms with Crippen LogP contribution in [0.25, 0.3) is 10.8 Å². The van der Waals surface area contributed by atoms with E-state index in [1.807, 2.05) is 59.5 Å². The standard InChI is InChI=1S/C26H29N3O3/c30-25(19-32-23-10-2-1-3-11-23)29-15-13-20(14-16-29)17-27-26(31)28-18-22-9-6-8-21-7-4-5-12-24(21)22/h1-12,20H,13-19H2,(H2,27,28,31). The second-order valence-corrected chi connectivity index (χ2v) is 8.13. The number of carbonyl (C=O) groups is 2. The van der Waals surface area contributed by atoms with E-state index in [1.54, 1.807) is 0 Å². The molecule has 4 rings (SSSR count). The van der Waals surface area contributed by atoms with Gasteiger partial charge >= 0.3 is 6.03 Å². The SMILES string of the molecule is O=C(NCc1cccc2ccccc12)NCC1CCN(C(=O)COc2ccccc2)CC1. The Labute approximate surface area is 188 Å². The zero-order valence-electron chi connectivity index (χ0n) is 18.1. The summed E-state index contributed by atoms with van der Waals surface area (Å²) in [5, 5.41) is 8.27. The van der Waals surface area contributed by atoms with Crippen LogP contribution in [0.4, 0.5) is 4.79 Å². The number of fused-ring (bicyclic) bond motifs is 1. The number of nitrogens with one attached hydrogen (secondary N) is 2. The molecule has 0 unspecified atom stereocenters. The predicted molar refractivity (Wildman–Crippen MR) is 125 cm³/mol. The van der Waals surface area contributed by atoms with Gasteiger partial charge in [-0.3, -0.25) is 4.79 Å². The molecule has 0 saturated carbocycles. The molecule has 1 saturated heterocycles. The summed E-state index contributed by atoms with van der Waals surface area (Å²) in [6.45, 7) is 2.55. The molecule has 2 N–H and O–H groups in total. The lowest BCUT2D eigenvalue weighted by Gasteiger charge is -2.32. The van der Waals surface area contributed by atoms with E-state index in [1.165, 1.54) is 5.39 Å². The Kier molecular flexibility index (Phi) is 7.23. The molecule has 3 aromatic carbocycles. The van der Waals surface area contributed by atoms with Gasteiger partial charge in [0.25, 0.3) is 5.91 Å². The molecule has 1 fully saturated rings. The third kappa shape index (κ3) is 5.78. The molecule has 1 aliphatic rings. The van der Waals surface area contributed by atoms with Gasteiger partial charge in [0.15, 0.2) is 6.61 Å². The lowest BCUT2D eigenvalue weighted by molar-refractivity contribution is -0.134. The number of hydrogen-bond acceptors (Lipinski definition) is 3. The van der Waals surface area contributed by atoms with Crippen molar-refractivity contribution in [2.24, 2.45) is 5.92 Å². The van der Waals surface area contributed by atoms with Crippen LogP contribution in [0, 0.1) is 5.92 Å². The molecular formula is C26H29N3O3. The van der Waals surface area contributed by atoms with Crippen LogP contribution in [0.5, 0.6) is 5.75 Å². The van der Waals surface area contributed by atoms with Crippen LogP contribution in [0.15, 0.2) is 72.8 Å². The van der Waals surface area contributed by atoms with Gasteiger partial charge in [0.1, 0.15) is 5.75 Å². The van der Waals surface area contributed by atoms with E-state index in [-0.39, 0.29) is 18.5 Å². The minimum absolute atomic E-state index is 0.00749. The number of amides is 3. The van der Waals surface area contributed by atoms with Crippen molar-refractivity contribution in [3.63, 3.8) is 0 Å². The van der Waals surface area contributed by atoms with Crippen molar-refractivity contribution in [3.8, 4) is 5.75 Å². The first kappa shape index (κ1) is 21.7. The average Bonchev–Trinajstić information content (AvgIpc) is 2.85. The van der Waals surface area contributed by atoms with Crippen molar-refractivity contribution in [1.82, 2.24) is 15.5 Å². The largest absolute Gasteiger partial charge is 0.484 e. The number of carbonyl (C=O) groups excluding carboxylic acids is 2. The van der Waals surface area contributed by atoms with Crippen LogP contribution in [0.1, 0.15) is 18.4 Å². The summed E-state index contributed by atoms with van der Waals surface area (Å²) in [6, 6.07) is 23.5. The van der Waals surface area contributed by atoms with Gasteiger partial charge in [-0.1, -0.05) is 60.7 Å². The van der Waals surface area contributed by atoms with Gasteiger partial charge in [0, 0.05) is 26.2 Å². The fourth-order valence-corrected chi connectivity index (χ4v) is 4.06. The van der Waals surface area contributed by atoms with Crippen molar-refractivity contribution in [2.75, 3.05) is 26.2 Å². The number of para-hydroxylation sites is 1. The van der Waals surface area contributed by atoms with E-state index in [4.69, 9.17) is 4.74 Å². The highest BCUT2D eigenvalue weighted by Crippen LogP contribution is 2.19. The molecular weight excluding hydrogens is 402 g/mol. The number of nitrogens with zero attached hydrogens (tertiary/aromatic N) is 1. The summed E-state index contributed by atoms with van der Waals surface area (Å²) < 4.78 is 5.56. The molecule has 1 heterocycles. The number of likely N-dealkylation sites (tertiary alicyclic amines) is 1. The van der Waals surface area contributed by atoms with Gasteiger partial charge in [-0.2, -0.15) is 0 Å². The number of urea groups is 1. The van der Waals surface area contributed by atoms with E-state index in [2.05, 4.69) is 28.8 Å². The highest BCUT2D eigenvalue weighted by Gasteiger charge is 2.23. The van der Waals surface area contributed by atoms with Crippen LogP contribution in [-0.4, -0.2) is 43.1 Å². The molecule has 0 atom stereocenters. The zero-order valence-corrected chi connectivity index (χ0v) is 18.1. The highest BCUT2D eigenvalue weighted by molar-refractivity contribution is 5.86. The van der Waals surface area contributed by atoms with Gasteiger partial charge in [-0.15, -0.1) is 0 Å². The Morgan fingerprint density at radius 1 is 0.875 bits per heavy atom. The number of benzene rings is 3. The number of piperidine rings is 1. The van der Waals surface area contributed by atoms with Crippen LogP contribution >= 0.6 is 0 Å². The minimum Gasteiger partial charge on any atom is -0.484 e. The van der Waals surface area contributed by atoms with Crippen LogP contribution in [0.2, 0.25) is 0 Å². The van der Waals surface area contributed by atoms with Gasteiger partial charge < -0.3 is 20.3 Å². The number of hydrogen-bond donors (Lipinski definition) is 2. The Morgan fingerprint density at radius 2 is 1.59 bits per heavy atom. The summed E-state index contributed by atoms with van der Waals surface area (Å²) in [4.78, 5) is 26.5. The molecule has 0 radical (unpaired) electrons. The molecule has 6 nitrogen and oxygen atoms in total. The Morgan fingerprint density at radius 3 is 2.41 bits per heavy atom. The normalized spacial score (nSPS) is 14.2. The predicted octanol–water partition coefficient (Wildman–Crippen LogP) is 3.96. The number of ether oxygens (including phenoxy) is 1. The van der Waals surface area contributed by atoms with Gasteiger partial charge in [0.2, 0.25) is 0 Å². The minimum atomic E-state index is -0.160. The second kappa shape index (κ2) is 10.7. The molecule has 1 aliphatic heterocycles. The maximum absolute atomic E-state index is 12.4. The van der Waals surface area contributed by atoms with Gasteiger partial charge in [-0.25, -0.2) is 4.79 Å². The van der Waals surface area contributed by atoms with Crippen molar-refractivity contribution < 1.29 is 14.3 Å². The molecule has 6 heteroatoms. The smallest absolute Gasteiger partial charge is 0.315 e. The molecule has 0 aliphatic carbocycles. The Bertz CT molecular complexity index is 1040. The van der Waals surface area contributed by atoms with Crippen LogP contribution in [0.3, 0.4) is 0 Å². The summed E-state index contributed by atoms with van der Waals surface area (Å²) in [5.74, 6) is 1.08. The highest BCUT2D eigenvalue weighted by atomic mass is 16.5. The average molecular weight is 432 g/mol. The first-order chi connectivity index (χ1) is 15.7. The van der Waals surface area contributed by atoms with Gasteiger partial charge in [-0.05, 0) is 47.2 Å². The maximum atomic E-state index is 12.4. The molecule has 32 heavy (non-hydrogen) atoms. The maximum Gasteiger partial charge on any atom is 0.315 e. The van der Waals surface area contributed by atoms with Crippen molar-refractivity contribution >= 4 is 22.7 Å². The summed E-state index contributed by atoms with van der Waals surface area (Å²) in [5.41, 5.74) is 1.10. The summed E-state index contributed by atoms with van der Waals surface area (Å²) in [6.07, 6.45) is 1.75. The molecule has 3 aromatic rings. The fraction of sp³-hybridized carbons (Fsp3) is 0.308. The zero-order chi connectivity index (χ0) is 22.2. The van der Waals surface area contributed by atoms with E-state index >= 15 is 0 Å². The van der Waals surface area contributed by atoms with Gasteiger partial charge in [0.05, 0.1) is 0 Å². The molecule has 3 amide bonds. The monoisotopic (exact) mass is 431 g/mol. The quantitative estimate of drug-likeness (QED) is 0.595. The molecule has 0 spiro atoms. The summed E-state index contributed by atoms with van der Waals surface area (Å²) >= 11 is 0. The van der Waals surface area contributed by atoms with Crippen LogP contribution < -0.4 is 15.4 Å². The topological polar surface area (TPSA) is 70.7 Å². The van der Waals surface area contributed by atoms with E-state index in [9.17, 15) is 9.59 Å². The first-order valence-electron chi connectivity index (χ1n) is 11.1. The second-order valence-electron chi connectivity index (χ2n) is 8.13. The first-order valence-corrected chi connectivity index (χ1v) is 11.1. The Hall–Kier alpha value is -3.54. The van der Waals surface area contributed by atoms with Crippen molar-refractivity contribution in [2.45, 2.75) is 19.4 Å². The molecule has 0 aromatic heterocycles. The third-order valence-electron chi connectivity index (χ3n) is 5.94. The van der Waals surface area contributed by atoms with Crippen molar-refractivity contribution in [1.29, 1.82) is 0 Å². The van der Waals surface area contributed by atoms with Crippen molar-refractivity contribution in [3.05, 3.63) is 78.4 Å².